The molecule has 7 rings (SSSR count). The largest absolute Gasteiger partial charge is 0.465 e. The van der Waals surface area contributed by atoms with Crippen LogP contribution in [0.1, 0.15) is 41.6 Å². The number of amides is 1. The molecular weight excluding hydrogens is 567 g/mol. The Labute approximate surface area is 241 Å². The third-order valence-electron chi connectivity index (χ3n) is 8.69. The number of nitrogens with zero attached hydrogens (tertiary/aromatic N) is 6. The highest BCUT2D eigenvalue weighted by atomic mass is 19.4. The van der Waals surface area contributed by atoms with E-state index in [2.05, 4.69) is 26.8 Å². The Balaban J connectivity index is 1.30. The zero-order chi connectivity index (χ0) is 30.3. The lowest BCUT2D eigenvalue weighted by Gasteiger charge is -2.33. The number of alkyl halides is 3. The molecule has 1 spiro atoms. The fraction of sp³-hybridized carbons (Fsp3) is 0.345. The van der Waals surface area contributed by atoms with Crippen molar-refractivity contribution in [3.8, 4) is 5.82 Å². The molecule has 3 N–H and O–H groups in total. The van der Waals surface area contributed by atoms with Crippen LogP contribution >= 0.6 is 0 Å². The van der Waals surface area contributed by atoms with E-state index >= 15 is 0 Å². The number of aromatic nitrogens is 5. The quantitative estimate of drug-likeness (QED) is 0.294. The number of aryl methyl sites for hydroxylation is 1. The second-order valence-electron chi connectivity index (χ2n) is 11.4. The summed E-state index contributed by atoms with van der Waals surface area (Å²) in [5, 5.41) is 23.4. The standard InChI is InChI=1S/C29H26F3N7O4/c1-2-11-38-24(40)19-13-33-25(34-18-4-5-20-17(12-18)14-37(26(41)42)15-27(20)9-10-27)36-23(19)39(38)21-6-3-16-7-8-28(43,22(16)35-21)29(30,31)32/h2-6,12-13,43H,1,7-11,14-15H2,(H,41,42)(H,33,34,36)/t28-/m1/s1. The minimum Gasteiger partial charge on any atom is -0.465 e. The molecule has 11 nitrogen and oxygen atoms in total. The summed E-state index contributed by atoms with van der Waals surface area (Å²) in [6.07, 6.45) is -1.81. The lowest BCUT2D eigenvalue weighted by atomic mass is 9.87. The molecule has 1 aliphatic heterocycles. The van der Waals surface area contributed by atoms with Gasteiger partial charge in [-0.3, -0.25) is 4.79 Å². The van der Waals surface area contributed by atoms with Crippen molar-refractivity contribution in [3.63, 3.8) is 0 Å². The first-order chi connectivity index (χ1) is 20.4. The normalized spacial score (nSPS) is 20.2. The smallest absolute Gasteiger partial charge is 0.423 e. The van der Waals surface area contributed by atoms with Crippen molar-refractivity contribution in [2.24, 2.45) is 0 Å². The number of hydrogen-bond acceptors (Lipinski definition) is 7. The van der Waals surface area contributed by atoms with E-state index in [1.165, 1.54) is 38.7 Å². The average molecular weight is 594 g/mol. The number of allylic oxidation sites excluding steroid dienone is 1. The lowest BCUT2D eigenvalue weighted by Crippen LogP contribution is -2.41. The molecule has 3 aliphatic rings. The van der Waals surface area contributed by atoms with Gasteiger partial charge in [0.15, 0.2) is 11.5 Å². The van der Waals surface area contributed by atoms with Gasteiger partial charge in [-0.2, -0.15) is 18.2 Å². The molecule has 0 saturated heterocycles. The van der Waals surface area contributed by atoms with Gasteiger partial charge in [0.25, 0.3) is 5.56 Å². The van der Waals surface area contributed by atoms with Crippen LogP contribution in [-0.4, -0.2) is 58.2 Å². The van der Waals surface area contributed by atoms with Crippen molar-refractivity contribution >= 4 is 28.8 Å². The number of fused-ring (bicyclic) bond motifs is 4. The third kappa shape index (κ3) is 4.11. The zero-order valence-corrected chi connectivity index (χ0v) is 22.7. The first-order valence-corrected chi connectivity index (χ1v) is 13.7. The molecule has 14 heteroatoms. The van der Waals surface area contributed by atoms with E-state index in [0.717, 1.165) is 24.0 Å². The summed E-state index contributed by atoms with van der Waals surface area (Å²) in [6, 6.07) is 8.65. The van der Waals surface area contributed by atoms with Crippen molar-refractivity contribution in [2.75, 3.05) is 11.9 Å². The maximum Gasteiger partial charge on any atom is 0.423 e. The minimum atomic E-state index is -4.93. The molecule has 4 aromatic rings. The van der Waals surface area contributed by atoms with Gasteiger partial charge in [0.1, 0.15) is 5.39 Å². The monoisotopic (exact) mass is 593 g/mol. The summed E-state index contributed by atoms with van der Waals surface area (Å²) in [6.45, 7) is 4.41. The third-order valence-corrected chi connectivity index (χ3v) is 8.69. The van der Waals surface area contributed by atoms with E-state index < -0.39 is 35.5 Å². The minimum absolute atomic E-state index is 0.00682. The number of hydrogen-bond donors (Lipinski definition) is 3. The van der Waals surface area contributed by atoms with Gasteiger partial charge in [-0.15, -0.1) is 6.58 Å². The summed E-state index contributed by atoms with van der Waals surface area (Å²) in [5.74, 6) is 0.0798. The first-order valence-electron chi connectivity index (χ1n) is 13.7. The van der Waals surface area contributed by atoms with Gasteiger partial charge in [-0.05, 0) is 60.6 Å². The highest BCUT2D eigenvalue weighted by Crippen LogP contribution is 2.53. The Bertz CT molecular complexity index is 1900. The Morgan fingerprint density at radius 1 is 1.14 bits per heavy atom. The van der Waals surface area contributed by atoms with Crippen LogP contribution in [0.25, 0.3) is 16.9 Å². The summed E-state index contributed by atoms with van der Waals surface area (Å²) >= 11 is 0. The first kappa shape index (κ1) is 27.1. The number of aliphatic hydroxyl groups is 1. The molecule has 3 aromatic heterocycles. The molecule has 1 fully saturated rings. The van der Waals surface area contributed by atoms with Crippen LogP contribution in [0.15, 0.2) is 54.0 Å². The summed E-state index contributed by atoms with van der Waals surface area (Å²) < 4.78 is 44.1. The van der Waals surface area contributed by atoms with Crippen LogP contribution in [-0.2, 0) is 30.5 Å². The van der Waals surface area contributed by atoms with Gasteiger partial charge >= 0.3 is 12.3 Å². The van der Waals surface area contributed by atoms with Gasteiger partial charge in [0.2, 0.25) is 11.5 Å². The van der Waals surface area contributed by atoms with E-state index in [4.69, 9.17) is 0 Å². The Kier molecular flexibility index (Phi) is 5.77. The molecule has 1 amide bonds. The Hall–Kier alpha value is -4.72. The molecule has 0 unspecified atom stereocenters. The zero-order valence-electron chi connectivity index (χ0n) is 22.7. The van der Waals surface area contributed by atoms with Crippen molar-refractivity contribution in [1.82, 2.24) is 29.2 Å². The van der Waals surface area contributed by atoms with E-state index in [-0.39, 0.29) is 53.3 Å². The molecule has 222 valence electrons. The number of pyridine rings is 1. The summed E-state index contributed by atoms with van der Waals surface area (Å²) in [7, 11) is 0. The van der Waals surface area contributed by atoms with Gasteiger partial charge < -0.3 is 20.4 Å². The van der Waals surface area contributed by atoms with E-state index in [9.17, 15) is 33.0 Å². The van der Waals surface area contributed by atoms with Crippen molar-refractivity contribution in [1.29, 1.82) is 0 Å². The van der Waals surface area contributed by atoms with E-state index in [0.29, 0.717) is 12.2 Å². The van der Waals surface area contributed by atoms with Crippen LogP contribution in [0.3, 0.4) is 0 Å². The SMILES string of the molecule is C=CCn1c(=O)c2cnc(Nc3ccc4c(c3)CN(C(=O)O)CC43CC3)nc2n1-c1ccc2c(n1)[C@@](O)(C(F)(F)F)CC2. The molecule has 1 atom stereocenters. The Morgan fingerprint density at radius 3 is 2.63 bits per heavy atom. The molecule has 4 heterocycles. The fourth-order valence-electron chi connectivity index (χ4n) is 6.35. The van der Waals surface area contributed by atoms with E-state index in [1.54, 1.807) is 0 Å². The molecule has 0 radical (unpaired) electrons. The van der Waals surface area contributed by atoms with E-state index in [1.807, 2.05) is 18.2 Å². The number of carboxylic acid groups (broad SMARTS) is 1. The molecule has 43 heavy (non-hydrogen) atoms. The predicted octanol–water partition coefficient (Wildman–Crippen LogP) is 4.13. The van der Waals surface area contributed by atoms with Crippen molar-refractivity contribution in [3.05, 3.63) is 81.9 Å². The van der Waals surface area contributed by atoms with Crippen LogP contribution in [0.5, 0.6) is 0 Å². The molecule has 1 saturated carbocycles. The van der Waals surface area contributed by atoms with Crippen LogP contribution in [0.4, 0.5) is 29.6 Å². The topological polar surface area (TPSA) is 138 Å². The second-order valence-corrected chi connectivity index (χ2v) is 11.4. The number of halogens is 3. The van der Waals surface area contributed by atoms with Crippen LogP contribution in [0, 0.1) is 0 Å². The number of anilines is 2. The highest BCUT2D eigenvalue weighted by Gasteiger charge is 2.59. The summed E-state index contributed by atoms with van der Waals surface area (Å²) in [5.41, 5.74) is -1.26. The molecular formula is C29H26F3N7O4. The Morgan fingerprint density at radius 2 is 1.93 bits per heavy atom. The van der Waals surface area contributed by atoms with Crippen molar-refractivity contribution < 1.29 is 28.2 Å². The number of carbonyl (C=O) groups is 1. The van der Waals surface area contributed by atoms with Gasteiger partial charge in [0, 0.05) is 30.4 Å². The van der Waals surface area contributed by atoms with Crippen molar-refractivity contribution in [2.45, 2.75) is 56.0 Å². The van der Waals surface area contributed by atoms with Crippen LogP contribution < -0.4 is 10.9 Å². The number of rotatable bonds is 5. The number of benzene rings is 1. The average Bonchev–Trinajstić information content (AvgIpc) is 3.56. The maximum atomic E-state index is 13.9. The fourth-order valence-corrected chi connectivity index (χ4v) is 6.35. The second kappa shape index (κ2) is 9.14. The molecule has 1 aromatic carbocycles. The molecule has 0 bridgehead atoms. The summed E-state index contributed by atoms with van der Waals surface area (Å²) in [4.78, 5) is 39.5. The number of nitrogens with one attached hydrogen (secondary N) is 1. The van der Waals surface area contributed by atoms with Crippen LogP contribution in [0.2, 0.25) is 0 Å². The highest BCUT2D eigenvalue weighted by molar-refractivity contribution is 5.77. The molecule has 2 aliphatic carbocycles. The van der Waals surface area contributed by atoms with Gasteiger partial charge in [0.05, 0.1) is 12.2 Å². The predicted molar refractivity (Wildman–Crippen MR) is 148 cm³/mol. The van der Waals surface area contributed by atoms with Gasteiger partial charge in [-0.1, -0.05) is 18.2 Å². The lowest BCUT2D eigenvalue weighted by molar-refractivity contribution is -0.266. The maximum absolute atomic E-state index is 13.9. The van der Waals surface area contributed by atoms with Gasteiger partial charge in [-0.25, -0.2) is 24.1 Å².